The minimum absolute atomic E-state index is 0.0238. The van der Waals surface area contributed by atoms with E-state index in [0.29, 0.717) is 13.1 Å². The van der Waals surface area contributed by atoms with Gasteiger partial charge in [-0.3, -0.25) is 0 Å². The van der Waals surface area contributed by atoms with E-state index in [1.165, 1.54) is 16.4 Å². The van der Waals surface area contributed by atoms with Gasteiger partial charge in [0.25, 0.3) is 0 Å². The molecule has 0 atom stereocenters. The lowest BCUT2D eigenvalue weighted by Crippen LogP contribution is -2.41. The number of nitrogens with zero attached hydrogens (tertiary/aromatic N) is 1. The molecule has 20 heavy (non-hydrogen) atoms. The molecule has 0 spiro atoms. The second kappa shape index (κ2) is 5.33. The van der Waals surface area contributed by atoms with E-state index in [1.54, 1.807) is 0 Å². The maximum Gasteiger partial charge on any atom is 0.243 e. The normalized spacial score (nSPS) is 19.9. The quantitative estimate of drug-likeness (QED) is 0.873. The molecule has 1 heterocycles. The van der Waals surface area contributed by atoms with Gasteiger partial charge in [0.1, 0.15) is 5.82 Å². The highest BCUT2D eigenvalue weighted by molar-refractivity contribution is 7.89. The molecule has 0 bridgehead atoms. The molecule has 0 saturated carbocycles. The van der Waals surface area contributed by atoms with Crippen LogP contribution in [0.5, 0.6) is 0 Å². The lowest BCUT2D eigenvalue weighted by atomic mass is 9.79. The molecule has 4 nitrogen and oxygen atoms in total. The van der Waals surface area contributed by atoms with E-state index in [4.69, 9.17) is 5.73 Å². The Morgan fingerprint density at radius 1 is 1.35 bits per heavy atom. The van der Waals surface area contributed by atoms with Gasteiger partial charge in [-0.2, -0.15) is 4.31 Å². The van der Waals surface area contributed by atoms with E-state index in [9.17, 15) is 12.8 Å². The number of anilines is 1. The smallest absolute Gasteiger partial charge is 0.243 e. The monoisotopic (exact) mass is 300 g/mol. The first kappa shape index (κ1) is 15.3. The van der Waals surface area contributed by atoms with E-state index < -0.39 is 15.8 Å². The molecule has 0 aromatic heterocycles. The molecule has 1 aliphatic heterocycles. The van der Waals surface area contributed by atoms with Gasteiger partial charge in [0, 0.05) is 13.1 Å². The van der Waals surface area contributed by atoms with Crippen molar-refractivity contribution in [2.24, 2.45) is 5.41 Å². The van der Waals surface area contributed by atoms with E-state index in [0.717, 1.165) is 25.3 Å². The first-order valence-electron chi connectivity index (χ1n) is 6.84. The fraction of sp³-hybridized carbons (Fsp3) is 0.571. The summed E-state index contributed by atoms with van der Waals surface area (Å²) in [4.78, 5) is -0.0238. The zero-order chi connectivity index (χ0) is 15.0. The lowest BCUT2D eigenvalue weighted by Gasteiger charge is -2.38. The van der Waals surface area contributed by atoms with Crippen molar-refractivity contribution in [1.82, 2.24) is 4.31 Å². The molecule has 112 valence electrons. The molecule has 0 radical (unpaired) electrons. The maximum atomic E-state index is 13.4. The summed E-state index contributed by atoms with van der Waals surface area (Å²) in [5.74, 6) is -0.693. The Hall–Kier alpha value is -1.14. The number of rotatable bonds is 3. The van der Waals surface area contributed by atoms with Crippen molar-refractivity contribution in [2.45, 2.75) is 38.0 Å². The number of halogens is 1. The van der Waals surface area contributed by atoms with Gasteiger partial charge in [-0.15, -0.1) is 0 Å². The summed E-state index contributed by atoms with van der Waals surface area (Å²) in [5, 5.41) is 0. The largest absolute Gasteiger partial charge is 0.396 e. The van der Waals surface area contributed by atoms with Crippen LogP contribution < -0.4 is 5.73 Å². The van der Waals surface area contributed by atoms with Crippen LogP contribution in [0.15, 0.2) is 23.1 Å². The third-order valence-electron chi connectivity index (χ3n) is 4.39. The van der Waals surface area contributed by atoms with Crippen LogP contribution in [0.25, 0.3) is 0 Å². The number of benzene rings is 1. The van der Waals surface area contributed by atoms with Crippen LogP contribution >= 0.6 is 0 Å². The summed E-state index contributed by atoms with van der Waals surface area (Å²) in [6, 6.07) is 3.65. The molecular formula is C14H21FN2O2S. The van der Waals surface area contributed by atoms with Crippen molar-refractivity contribution in [3.05, 3.63) is 24.0 Å². The van der Waals surface area contributed by atoms with Crippen LogP contribution in [-0.2, 0) is 10.0 Å². The summed E-state index contributed by atoms with van der Waals surface area (Å²) >= 11 is 0. The van der Waals surface area contributed by atoms with Gasteiger partial charge in [0.2, 0.25) is 10.0 Å². The van der Waals surface area contributed by atoms with Crippen molar-refractivity contribution in [1.29, 1.82) is 0 Å². The third-order valence-corrected chi connectivity index (χ3v) is 6.29. The van der Waals surface area contributed by atoms with Gasteiger partial charge in [-0.1, -0.05) is 20.3 Å². The molecule has 2 N–H and O–H groups in total. The zero-order valence-corrected chi connectivity index (χ0v) is 12.7. The molecule has 0 unspecified atom stereocenters. The van der Waals surface area contributed by atoms with Crippen molar-refractivity contribution < 1.29 is 12.8 Å². The van der Waals surface area contributed by atoms with Crippen molar-refractivity contribution in [3.8, 4) is 0 Å². The Balaban J connectivity index is 2.22. The van der Waals surface area contributed by atoms with Gasteiger partial charge >= 0.3 is 0 Å². The van der Waals surface area contributed by atoms with Crippen LogP contribution in [0, 0.1) is 11.2 Å². The van der Waals surface area contributed by atoms with E-state index >= 15 is 0 Å². The Bertz CT molecular complexity index is 593. The number of hydrogen-bond donors (Lipinski definition) is 1. The molecule has 1 aromatic rings. The second-order valence-electron chi connectivity index (χ2n) is 5.75. The van der Waals surface area contributed by atoms with Crippen LogP contribution in [0.4, 0.5) is 10.1 Å². The first-order chi connectivity index (χ1) is 9.28. The molecule has 1 fully saturated rings. The Kier molecular flexibility index (Phi) is 4.07. The summed E-state index contributed by atoms with van der Waals surface area (Å²) in [6.45, 7) is 5.27. The zero-order valence-electron chi connectivity index (χ0n) is 11.9. The number of sulfonamides is 1. The third kappa shape index (κ3) is 2.81. The van der Waals surface area contributed by atoms with E-state index in [-0.39, 0.29) is 16.0 Å². The van der Waals surface area contributed by atoms with Gasteiger partial charge in [0.15, 0.2) is 0 Å². The number of hydrogen-bond acceptors (Lipinski definition) is 3. The predicted molar refractivity (Wildman–Crippen MR) is 77.2 cm³/mol. The maximum absolute atomic E-state index is 13.4. The van der Waals surface area contributed by atoms with Gasteiger partial charge in [0.05, 0.1) is 10.6 Å². The van der Waals surface area contributed by atoms with Crippen LogP contribution in [-0.4, -0.2) is 25.8 Å². The highest BCUT2D eigenvalue weighted by Crippen LogP contribution is 2.35. The van der Waals surface area contributed by atoms with Crippen LogP contribution in [0.2, 0.25) is 0 Å². The Labute approximate surface area is 119 Å². The summed E-state index contributed by atoms with van der Waals surface area (Å²) in [7, 11) is -3.62. The lowest BCUT2D eigenvalue weighted by molar-refractivity contribution is 0.169. The van der Waals surface area contributed by atoms with Gasteiger partial charge in [-0.25, -0.2) is 12.8 Å². The molecule has 0 aliphatic carbocycles. The summed E-state index contributed by atoms with van der Waals surface area (Å²) < 4.78 is 39.8. The van der Waals surface area contributed by atoms with Crippen molar-refractivity contribution in [3.63, 3.8) is 0 Å². The Morgan fingerprint density at radius 3 is 2.45 bits per heavy atom. The minimum Gasteiger partial charge on any atom is -0.396 e. The average Bonchev–Trinajstić information content (AvgIpc) is 2.42. The highest BCUT2D eigenvalue weighted by atomic mass is 32.2. The fourth-order valence-electron chi connectivity index (χ4n) is 2.44. The molecular weight excluding hydrogens is 279 g/mol. The van der Waals surface area contributed by atoms with Crippen LogP contribution in [0.3, 0.4) is 0 Å². The van der Waals surface area contributed by atoms with Crippen LogP contribution in [0.1, 0.15) is 33.1 Å². The molecule has 6 heteroatoms. The molecule has 1 aliphatic rings. The topological polar surface area (TPSA) is 63.4 Å². The van der Waals surface area contributed by atoms with E-state index in [1.807, 2.05) is 0 Å². The average molecular weight is 300 g/mol. The molecule has 2 rings (SSSR count). The SMILES string of the molecule is CCC1(C)CCN(S(=O)(=O)c2ccc(N)c(F)c2)CC1. The molecule has 1 saturated heterocycles. The van der Waals surface area contributed by atoms with Crippen molar-refractivity contribution in [2.75, 3.05) is 18.8 Å². The Morgan fingerprint density at radius 2 is 1.95 bits per heavy atom. The first-order valence-corrected chi connectivity index (χ1v) is 8.28. The van der Waals surface area contributed by atoms with Gasteiger partial charge < -0.3 is 5.73 Å². The molecule has 0 amide bonds. The molecule has 1 aromatic carbocycles. The van der Waals surface area contributed by atoms with Crippen molar-refractivity contribution >= 4 is 15.7 Å². The second-order valence-corrected chi connectivity index (χ2v) is 7.69. The van der Waals surface area contributed by atoms with Gasteiger partial charge in [-0.05, 0) is 36.5 Å². The predicted octanol–water partition coefficient (Wildman–Crippen LogP) is 2.61. The number of nitrogens with two attached hydrogens (primary N) is 1. The summed E-state index contributed by atoms with van der Waals surface area (Å²) in [5.41, 5.74) is 5.55. The standard InChI is InChI=1S/C14H21FN2O2S/c1-3-14(2)6-8-17(9-7-14)20(18,19)11-4-5-13(16)12(15)10-11/h4-5,10H,3,6-9,16H2,1-2H3. The number of nitrogen functional groups attached to an aromatic ring is 1. The minimum atomic E-state index is -3.62. The van der Waals surface area contributed by atoms with E-state index in [2.05, 4.69) is 13.8 Å². The number of piperidine rings is 1. The highest BCUT2D eigenvalue weighted by Gasteiger charge is 2.34. The fourth-order valence-corrected chi connectivity index (χ4v) is 3.89. The summed E-state index contributed by atoms with van der Waals surface area (Å²) in [6.07, 6.45) is 2.71.